The largest absolute Gasteiger partial charge is 0.354 e. The summed E-state index contributed by atoms with van der Waals surface area (Å²) in [4.78, 5) is 37.2. The predicted molar refractivity (Wildman–Crippen MR) is 111 cm³/mol. The third-order valence-electron chi connectivity index (χ3n) is 5.27. The van der Waals surface area contributed by atoms with E-state index in [9.17, 15) is 23.2 Å². The highest BCUT2D eigenvalue weighted by molar-refractivity contribution is 5.92. The van der Waals surface area contributed by atoms with E-state index in [-0.39, 0.29) is 23.8 Å². The van der Waals surface area contributed by atoms with Crippen LogP contribution in [0.15, 0.2) is 48.5 Å². The number of hydrogen-bond acceptors (Lipinski definition) is 3. The van der Waals surface area contributed by atoms with Crippen LogP contribution in [0.5, 0.6) is 0 Å². The molecule has 0 bridgehead atoms. The van der Waals surface area contributed by atoms with Gasteiger partial charge in [-0.15, -0.1) is 0 Å². The Morgan fingerprint density at radius 3 is 2.48 bits per heavy atom. The highest BCUT2D eigenvalue weighted by Gasteiger charge is 2.30. The van der Waals surface area contributed by atoms with Crippen LogP contribution in [0.1, 0.15) is 36.8 Å². The summed E-state index contributed by atoms with van der Waals surface area (Å²) >= 11 is 0. The summed E-state index contributed by atoms with van der Waals surface area (Å²) < 4.78 is 26.6. The lowest BCUT2D eigenvalue weighted by Gasteiger charge is -2.22. The normalized spacial score (nSPS) is 19.6. The van der Waals surface area contributed by atoms with Gasteiger partial charge in [0.15, 0.2) is 0 Å². The smallest absolute Gasteiger partial charge is 0.242 e. The Balaban J connectivity index is 1.58. The number of rotatable bonds is 6. The van der Waals surface area contributed by atoms with E-state index in [1.165, 1.54) is 6.92 Å². The lowest BCUT2D eigenvalue weighted by Crippen LogP contribution is -2.52. The van der Waals surface area contributed by atoms with Gasteiger partial charge in [-0.1, -0.05) is 30.3 Å². The lowest BCUT2D eigenvalue weighted by molar-refractivity contribution is -0.131. The summed E-state index contributed by atoms with van der Waals surface area (Å²) in [5.41, 5.74) is 1.26. The molecule has 3 amide bonds. The summed E-state index contributed by atoms with van der Waals surface area (Å²) in [6.45, 7) is 2.00. The molecule has 1 aliphatic heterocycles. The molecule has 1 heterocycles. The van der Waals surface area contributed by atoms with Crippen LogP contribution in [0, 0.1) is 11.6 Å². The zero-order chi connectivity index (χ0) is 22.4. The maximum absolute atomic E-state index is 13.3. The molecule has 8 heteroatoms. The molecule has 3 N–H and O–H groups in total. The van der Waals surface area contributed by atoms with Gasteiger partial charge >= 0.3 is 0 Å². The van der Waals surface area contributed by atoms with Crippen LogP contribution >= 0.6 is 0 Å². The van der Waals surface area contributed by atoms with Crippen LogP contribution in [0.3, 0.4) is 0 Å². The molecule has 0 unspecified atom stereocenters. The zero-order valence-corrected chi connectivity index (χ0v) is 17.2. The molecule has 0 aromatic heterocycles. The minimum absolute atomic E-state index is 0.109. The van der Waals surface area contributed by atoms with E-state index in [1.807, 2.05) is 30.3 Å². The van der Waals surface area contributed by atoms with Gasteiger partial charge in [0.2, 0.25) is 17.7 Å². The average Bonchev–Trinajstić information content (AvgIpc) is 2.89. The van der Waals surface area contributed by atoms with Crippen LogP contribution in [0.4, 0.5) is 8.78 Å². The topological polar surface area (TPSA) is 87.3 Å². The SMILES string of the molecule is C[C@H](NC(=O)Cc1cc(F)cc(F)c1)C(=O)N[C@H]1C[C@H](c2ccccc2)CCNC1=O. The number of hydrogen-bond donors (Lipinski definition) is 3. The quantitative estimate of drug-likeness (QED) is 0.658. The second-order valence-electron chi connectivity index (χ2n) is 7.73. The van der Waals surface area contributed by atoms with Crippen LogP contribution in [0.25, 0.3) is 0 Å². The van der Waals surface area contributed by atoms with Crippen molar-refractivity contribution in [1.82, 2.24) is 16.0 Å². The number of benzene rings is 2. The van der Waals surface area contributed by atoms with E-state index >= 15 is 0 Å². The van der Waals surface area contributed by atoms with Gasteiger partial charge in [-0.05, 0) is 48.9 Å². The van der Waals surface area contributed by atoms with Crippen molar-refractivity contribution >= 4 is 17.7 Å². The molecule has 6 nitrogen and oxygen atoms in total. The van der Waals surface area contributed by atoms with E-state index in [0.717, 1.165) is 30.2 Å². The molecule has 0 aliphatic carbocycles. The molecule has 2 aromatic carbocycles. The summed E-state index contributed by atoms with van der Waals surface area (Å²) in [6, 6.07) is 11.0. The maximum atomic E-state index is 13.3. The van der Waals surface area contributed by atoms with Gasteiger partial charge in [-0.25, -0.2) is 8.78 Å². The first-order valence-electron chi connectivity index (χ1n) is 10.2. The van der Waals surface area contributed by atoms with Gasteiger partial charge in [0.25, 0.3) is 0 Å². The van der Waals surface area contributed by atoms with Crippen LogP contribution in [-0.2, 0) is 20.8 Å². The fourth-order valence-corrected chi connectivity index (χ4v) is 3.71. The van der Waals surface area contributed by atoms with E-state index in [2.05, 4.69) is 16.0 Å². The van der Waals surface area contributed by atoms with E-state index in [1.54, 1.807) is 0 Å². The highest BCUT2D eigenvalue weighted by atomic mass is 19.1. The summed E-state index contributed by atoms with van der Waals surface area (Å²) in [5, 5.41) is 8.02. The first-order valence-corrected chi connectivity index (χ1v) is 10.2. The van der Waals surface area contributed by atoms with Gasteiger partial charge in [0.1, 0.15) is 23.7 Å². The third-order valence-corrected chi connectivity index (χ3v) is 5.27. The molecule has 1 saturated heterocycles. The standard InChI is InChI=1S/C23H25F2N3O3/c1-14(27-21(29)11-15-9-18(24)13-19(25)10-15)22(30)28-20-12-17(7-8-26-23(20)31)16-5-3-2-4-6-16/h2-6,9-10,13-14,17,20H,7-8,11-12H2,1H3,(H,26,31)(H,27,29)(H,28,30)/t14-,17+,20-/m0/s1. The van der Waals surface area contributed by atoms with Gasteiger partial charge in [0.05, 0.1) is 6.42 Å². The van der Waals surface area contributed by atoms with Crippen molar-refractivity contribution in [3.05, 3.63) is 71.3 Å². The maximum Gasteiger partial charge on any atom is 0.242 e. The summed E-state index contributed by atoms with van der Waals surface area (Å²) in [5.74, 6) is -2.77. The summed E-state index contributed by atoms with van der Waals surface area (Å²) in [7, 11) is 0. The minimum atomic E-state index is -0.919. The number of amides is 3. The van der Waals surface area contributed by atoms with Crippen molar-refractivity contribution in [2.24, 2.45) is 0 Å². The van der Waals surface area contributed by atoms with E-state index < -0.39 is 35.5 Å². The summed E-state index contributed by atoms with van der Waals surface area (Å²) in [6.07, 6.45) is 0.940. The Bertz CT molecular complexity index is 932. The number of nitrogens with one attached hydrogen (secondary N) is 3. The molecular weight excluding hydrogens is 404 g/mol. The molecule has 1 aliphatic rings. The molecular formula is C23H25F2N3O3. The fraction of sp³-hybridized carbons (Fsp3) is 0.348. The Morgan fingerprint density at radius 2 is 1.81 bits per heavy atom. The second-order valence-corrected chi connectivity index (χ2v) is 7.73. The Hall–Kier alpha value is -3.29. The Kier molecular flexibility index (Phi) is 7.33. The van der Waals surface area contributed by atoms with Crippen molar-refractivity contribution in [2.75, 3.05) is 6.54 Å². The molecule has 0 spiro atoms. The van der Waals surface area contributed by atoms with Crippen LogP contribution in [-0.4, -0.2) is 36.3 Å². The van der Waals surface area contributed by atoms with E-state index in [4.69, 9.17) is 0 Å². The molecule has 3 atom stereocenters. The first kappa shape index (κ1) is 22.4. The monoisotopic (exact) mass is 429 g/mol. The highest BCUT2D eigenvalue weighted by Crippen LogP contribution is 2.26. The molecule has 31 heavy (non-hydrogen) atoms. The van der Waals surface area contributed by atoms with Crippen LogP contribution < -0.4 is 16.0 Å². The van der Waals surface area contributed by atoms with Gasteiger partial charge < -0.3 is 16.0 Å². The molecule has 2 aromatic rings. The lowest BCUT2D eigenvalue weighted by atomic mass is 9.90. The predicted octanol–water partition coefficient (Wildman–Crippen LogP) is 2.19. The molecule has 1 fully saturated rings. The van der Waals surface area contributed by atoms with Crippen molar-refractivity contribution in [1.29, 1.82) is 0 Å². The number of carbonyl (C=O) groups excluding carboxylic acids is 3. The van der Waals surface area contributed by atoms with Crippen molar-refractivity contribution < 1.29 is 23.2 Å². The Morgan fingerprint density at radius 1 is 1.13 bits per heavy atom. The van der Waals surface area contributed by atoms with Gasteiger partial charge in [0, 0.05) is 12.6 Å². The van der Waals surface area contributed by atoms with E-state index in [0.29, 0.717) is 13.0 Å². The Labute approximate surface area is 179 Å². The minimum Gasteiger partial charge on any atom is -0.354 e. The molecule has 0 radical (unpaired) electrons. The van der Waals surface area contributed by atoms with Gasteiger partial charge in [-0.3, -0.25) is 14.4 Å². The zero-order valence-electron chi connectivity index (χ0n) is 17.2. The first-order chi connectivity index (χ1) is 14.8. The molecule has 3 rings (SSSR count). The van der Waals surface area contributed by atoms with Crippen molar-refractivity contribution in [3.8, 4) is 0 Å². The van der Waals surface area contributed by atoms with Gasteiger partial charge in [-0.2, -0.15) is 0 Å². The number of carbonyl (C=O) groups is 3. The second kappa shape index (κ2) is 10.1. The van der Waals surface area contributed by atoms with Crippen molar-refractivity contribution in [2.45, 2.75) is 44.2 Å². The third kappa shape index (κ3) is 6.34. The molecule has 0 saturated carbocycles. The molecule has 164 valence electrons. The van der Waals surface area contributed by atoms with Crippen molar-refractivity contribution in [3.63, 3.8) is 0 Å². The fourth-order valence-electron chi connectivity index (χ4n) is 3.71. The average molecular weight is 429 g/mol. The van der Waals surface area contributed by atoms with Crippen LogP contribution in [0.2, 0.25) is 0 Å². The number of halogens is 2.